The fourth-order valence-corrected chi connectivity index (χ4v) is 2.60. The van der Waals surface area contributed by atoms with E-state index in [1.165, 1.54) is 0 Å². The van der Waals surface area contributed by atoms with Crippen molar-refractivity contribution in [3.8, 4) is 5.69 Å². The molecule has 2 aromatic heterocycles. The van der Waals surface area contributed by atoms with Crippen molar-refractivity contribution >= 4 is 17.0 Å². The molecule has 0 radical (unpaired) electrons. The molecule has 0 bridgehead atoms. The third-order valence-corrected chi connectivity index (χ3v) is 3.88. The highest BCUT2D eigenvalue weighted by Gasteiger charge is 2.09. The molecule has 3 aromatic rings. The Balaban J connectivity index is 1.83. The number of anilines is 1. The first-order valence-electron chi connectivity index (χ1n) is 6.25. The van der Waals surface area contributed by atoms with Crippen molar-refractivity contribution in [3.63, 3.8) is 0 Å². The largest absolute Gasteiger partial charge is 0.376 e. The lowest BCUT2D eigenvalue weighted by Crippen LogP contribution is -2.07. The first kappa shape index (κ1) is 12.7. The molecule has 0 aliphatic rings. The molecule has 2 heterocycles. The summed E-state index contributed by atoms with van der Waals surface area (Å²) < 4.78 is 1.71. The van der Waals surface area contributed by atoms with Gasteiger partial charge in [-0.25, -0.2) is 4.98 Å². The van der Waals surface area contributed by atoms with Crippen molar-refractivity contribution in [2.24, 2.45) is 0 Å². The summed E-state index contributed by atoms with van der Waals surface area (Å²) in [5, 5.41) is 18.0. The molecule has 1 N–H and O–H groups in total. The van der Waals surface area contributed by atoms with E-state index in [0.29, 0.717) is 0 Å². The summed E-state index contributed by atoms with van der Waals surface area (Å²) in [4.78, 5) is 4.32. The van der Waals surface area contributed by atoms with Crippen LogP contribution in [0.2, 0.25) is 0 Å². The summed E-state index contributed by atoms with van der Waals surface area (Å²) in [6.07, 6.45) is 1.82. The van der Waals surface area contributed by atoms with E-state index in [4.69, 9.17) is 0 Å². The van der Waals surface area contributed by atoms with E-state index in [0.717, 1.165) is 22.2 Å². The quantitative estimate of drug-likeness (QED) is 0.798. The maximum Gasteiger partial charge on any atom is 0.153 e. The zero-order chi connectivity index (χ0) is 13.9. The molecule has 1 aromatic carbocycles. The first-order valence-corrected chi connectivity index (χ1v) is 7.13. The predicted octanol–water partition coefficient (Wildman–Crippen LogP) is 2.60. The fraction of sp³-hybridized carbons (Fsp3) is 0.231. The second-order valence-corrected chi connectivity index (χ2v) is 5.35. The van der Waals surface area contributed by atoms with Gasteiger partial charge in [-0.15, -0.1) is 16.4 Å². The zero-order valence-corrected chi connectivity index (χ0v) is 12.0. The van der Waals surface area contributed by atoms with Gasteiger partial charge in [0.15, 0.2) is 5.82 Å². The van der Waals surface area contributed by atoms with E-state index in [1.54, 1.807) is 16.0 Å². The van der Waals surface area contributed by atoms with Gasteiger partial charge in [0.05, 0.1) is 11.7 Å². The van der Waals surface area contributed by atoms with E-state index in [1.807, 2.05) is 42.8 Å². The van der Waals surface area contributed by atoms with Crippen molar-refractivity contribution in [1.82, 2.24) is 25.2 Å². The number of hydrogen-bond acceptors (Lipinski definition) is 6. The summed E-state index contributed by atoms with van der Waals surface area (Å²) in [6, 6.07) is 8.16. The molecule has 0 saturated carbocycles. The van der Waals surface area contributed by atoms with Crippen LogP contribution in [0.1, 0.15) is 23.8 Å². The molecule has 0 saturated heterocycles. The molecule has 0 spiro atoms. The molecular formula is C13H14N6S. The van der Waals surface area contributed by atoms with Gasteiger partial charge in [-0.3, -0.25) is 0 Å². The number of tetrazole rings is 1. The van der Waals surface area contributed by atoms with Crippen molar-refractivity contribution < 1.29 is 0 Å². The lowest BCUT2D eigenvalue weighted by Gasteiger charge is -2.13. The second kappa shape index (κ2) is 5.38. The van der Waals surface area contributed by atoms with E-state index in [9.17, 15) is 0 Å². The Bertz CT molecular complexity index is 690. The average Bonchev–Trinajstić information content (AvgIpc) is 3.10. The topological polar surface area (TPSA) is 68.5 Å². The molecule has 6 nitrogen and oxygen atoms in total. The average molecular weight is 286 g/mol. The summed E-state index contributed by atoms with van der Waals surface area (Å²) in [5.74, 6) is 0.759. The van der Waals surface area contributed by atoms with E-state index in [2.05, 4.69) is 32.7 Å². The number of aryl methyl sites for hydroxylation is 1. The van der Waals surface area contributed by atoms with Crippen LogP contribution < -0.4 is 5.32 Å². The lowest BCUT2D eigenvalue weighted by molar-refractivity contribution is 0.779. The highest BCUT2D eigenvalue weighted by molar-refractivity contribution is 7.09. The van der Waals surface area contributed by atoms with Gasteiger partial charge in [0.25, 0.3) is 0 Å². The summed E-state index contributed by atoms with van der Waals surface area (Å²) in [5.41, 5.74) is 1.95. The van der Waals surface area contributed by atoms with Gasteiger partial charge in [-0.05, 0) is 42.5 Å². The number of thiazole rings is 1. The molecule has 0 fully saturated rings. The van der Waals surface area contributed by atoms with Gasteiger partial charge in [-0.1, -0.05) is 6.07 Å². The van der Waals surface area contributed by atoms with Crippen LogP contribution >= 0.6 is 11.3 Å². The molecule has 102 valence electrons. The predicted molar refractivity (Wildman–Crippen MR) is 78.0 cm³/mol. The number of aromatic nitrogens is 5. The van der Waals surface area contributed by atoms with E-state index >= 15 is 0 Å². The molecule has 1 atom stereocenters. The minimum Gasteiger partial charge on any atom is -0.376 e. The van der Waals surface area contributed by atoms with Crippen LogP contribution in [0.15, 0.2) is 35.8 Å². The maximum atomic E-state index is 4.32. The van der Waals surface area contributed by atoms with Gasteiger partial charge in [-0.2, -0.15) is 4.68 Å². The number of nitrogens with one attached hydrogen (secondary N) is 1. The van der Waals surface area contributed by atoms with Crippen LogP contribution in [0.4, 0.5) is 5.69 Å². The molecule has 20 heavy (non-hydrogen) atoms. The molecule has 0 amide bonds. The Morgan fingerprint density at radius 2 is 2.25 bits per heavy atom. The Kier molecular flexibility index (Phi) is 3.42. The SMILES string of the molecule is Cc1nnnn1-c1cccc(NC(C)c2nccs2)c1. The minimum absolute atomic E-state index is 0.167. The normalized spacial score (nSPS) is 12.3. The smallest absolute Gasteiger partial charge is 0.153 e. The number of rotatable bonds is 4. The summed E-state index contributed by atoms with van der Waals surface area (Å²) >= 11 is 1.64. The van der Waals surface area contributed by atoms with Crippen LogP contribution in [0.3, 0.4) is 0 Å². The number of nitrogens with zero attached hydrogens (tertiary/aromatic N) is 5. The maximum absolute atomic E-state index is 4.32. The van der Waals surface area contributed by atoms with Gasteiger partial charge < -0.3 is 5.32 Å². The Labute approximate surface area is 120 Å². The van der Waals surface area contributed by atoms with Crippen LogP contribution in [-0.2, 0) is 0 Å². The van der Waals surface area contributed by atoms with Crippen LogP contribution in [0.5, 0.6) is 0 Å². The summed E-state index contributed by atoms with van der Waals surface area (Å²) in [6.45, 7) is 3.96. The lowest BCUT2D eigenvalue weighted by atomic mass is 10.2. The number of hydrogen-bond donors (Lipinski definition) is 1. The number of benzene rings is 1. The monoisotopic (exact) mass is 286 g/mol. The van der Waals surface area contributed by atoms with Gasteiger partial charge in [0.2, 0.25) is 0 Å². The Morgan fingerprint density at radius 1 is 1.35 bits per heavy atom. The third-order valence-electron chi connectivity index (χ3n) is 2.92. The van der Waals surface area contributed by atoms with Gasteiger partial charge >= 0.3 is 0 Å². The first-order chi connectivity index (χ1) is 9.74. The fourth-order valence-electron chi connectivity index (χ4n) is 1.96. The van der Waals surface area contributed by atoms with Crippen molar-refractivity contribution in [2.45, 2.75) is 19.9 Å². The Hall–Kier alpha value is -2.28. The summed E-state index contributed by atoms with van der Waals surface area (Å²) in [7, 11) is 0. The van der Waals surface area contributed by atoms with Crippen molar-refractivity contribution in [2.75, 3.05) is 5.32 Å². The molecule has 7 heteroatoms. The highest BCUT2D eigenvalue weighted by Crippen LogP contribution is 2.22. The molecule has 1 unspecified atom stereocenters. The zero-order valence-electron chi connectivity index (χ0n) is 11.2. The van der Waals surface area contributed by atoms with Gasteiger partial charge in [0.1, 0.15) is 5.01 Å². The minimum atomic E-state index is 0.167. The van der Waals surface area contributed by atoms with E-state index < -0.39 is 0 Å². The standard InChI is InChI=1S/C13H14N6S/c1-9(13-14-6-7-20-13)15-11-4-3-5-12(8-11)19-10(2)16-17-18-19/h3-9,15H,1-2H3. The van der Waals surface area contributed by atoms with Gasteiger partial charge in [0, 0.05) is 17.3 Å². The van der Waals surface area contributed by atoms with Crippen molar-refractivity contribution in [1.29, 1.82) is 0 Å². The molecule has 0 aliphatic carbocycles. The van der Waals surface area contributed by atoms with Crippen LogP contribution in [0.25, 0.3) is 5.69 Å². The molecule has 0 aliphatic heterocycles. The van der Waals surface area contributed by atoms with E-state index in [-0.39, 0.29) is 6.04 Å². The van der Waals surface area contributed by atoms with Crippen LogP contribution in [0, 0.1) is 6.92 Å². The van der Waals surface area contributed by atoms with Crippen molar-refractivity contribution in [3.05, 3.63) is 46.7 Å². The molecular weight excluding hydrogens is 272 g/mol. The second-order valence-electron chi connectivity index (χ2n) is 4.42. The highest BCUT2D eigenvalue weighted by atomic mass is 32.1. The third kappa shape index (κ3) is 2.53. The van der Waals surface area contributed by atoms with Crippen LogP contribution in [-0.4, -0.2) is 25.2 Å². The molecule has 3 rings (SSSR count). The Morgan fingerprint density at radius 3 is 2.95 bits per heavy atom.